The predicted molar refractivity (Wildman–Crippen MR) is 78.4 cm³/mol. The Labute approximate surface area is 116 Å². The van der Waals surface area contributed by atoms with Crippen LogP contribution in [0.15, 0.2) is 23.7 Å². The topological polar surface area (TPSA) is 59.2 Å². The van der Waals surface area contributed by atoms with Crippen LogP contribution in [0.5, 0.6) is 0 Å². The Morgan fingerprint density at radius 2 is 2.16 bits per heavy atom. The monoisotopic (exact) mass is 275 g/mol. The van der Waals surface area contributed by atoms with Crippen molar-refractivity contribution >= 4 is 33.1 Å². The minimum Gasteiger partial charge on any atom is -0.371 e. The summed E-state index contributed by atoms with van der Waals surface area (Å²) in [5.41, 5.74) is 9.24. The van der Waals surface area contributed by atoms with Gasteiger partial charge in [0.2, 0.25) is 5.91 Å². The van der Waals surface area contributed by atoms with Crippen molar-refractivity contribution in [2.75, 3.05) is 18.0 Å². The van der Waals surface area contributed by atoms with Gasteiger partial charge in [0.15, 0.2) is 0 Å². The highest BCUT2D eigenvalue weighted by molar-refractivity contribution is 7.16. The number of amides is 1. The quantitative estimate of drug-likeness (QED) is 0.915. The summed E-state index contributed by atoms with van der Waals surface area (Å²) in [6.45, 7) is 3.71. The number of hydrogen-bond acceptors (Lipinski definition) is 4. The van der Waals surface area contributed by atoms with E-state index >= 15 is 0 Å². The van der Waals surface area contributed by atoms with Crippen molar-refractivity contribution in [3.05, 3.63) is 23.7 Å². The number of nitrogens with zero attached hydrogens (tertiary/aromatic N) is 2. The van der Waals surface area contributed by atoms with Gasteiger partial charge in [-0.1, -0.05) is 6.92 Å². The molecular formula is C14H17N3OS. The van der Waals surface area contributed by atoms with Crippen LogP contribution >= 0.6 is 11.3 Å². The second kappa shape index (κ2) is 4.49. The molecule has 0 saturated carbocycles. The van der Waals surface area contributed by atoms with E-state index in [1.54, 1.807) is 11.3 Å². The average Bonchev–Trinajstić information content (AvgIpc) is 2.86. The summed E-state index contributed by atoms with van der Waals surface area (Å²) in [7, 11) is 0. The third kappa shape index (κ3) is 2.18. The zero-order valence-electron chi connectivity index (χ0n) is 10.9. The van der Waals surface area contributed by atoms with Crippen LogP contribution < -0.4 is 10.6 Å². The zero-order chi connectivity index (χ0) is 13.5. The van der Waals surface area contributed by atoms with Gasteiger partial charge in [-0.3, -0.25) is 4.79 Å². The van der Waals surface area contributed by atoms with Gasteiger partial charge in [0, 0.05) is 24.2 Å². The molecule has 1 aliphatic heterocycles. The van der Waals surface area contributed by atoms with Crippen LogP contribution in [0.2, 0.25) is 0 Å². The predicted octanol–water partition coefficient (Wildman–Crippen LogP) is 2.39. The van der Waals surface area contributed by atoms with E-state index in [-0.39, 0.29) is 11.3 Å². The molecule has 1 saturated heterocycles. The molecule has 1 aliphatic rings. The van der Waals surface area contributed by atoms with Crippen molar-refractivity contribution in [1.29, 1.82) is 0 Å². The first kappa shape index (κ1) is 12.4. The number of carbonyl (C=O) groups excluding carboxylic acids is 1. The molecule has 4 nitrogen and oxygen atoms in total. The second-order valence-electron chi connectivity index (χ2n) is 5.42. The average molecular weight is 275 g/mol. The summed E-state index contributed by atoms with van der Waals surface area (Å²) in [6, 6.07) is 6.37. The lowest BCUT2D eigenvalue weighted by molar-refractivity contribution is -0.127. The minimum atomic E-state index is -0.346. The van der Waals surface area contributed by atoms with Gasteiger partial charge in [-0.15, -0.1) is 11.3 Å². The number of anilines is 1. The molecular weight excluding hydrogens is 258 g/mol. The first-order chi connectivity index (χ1) is 9.08. The van der Waals surface area contributed by atoms with Crippen molar-refractivity contribution < 1.29 is 4.79 Å². The van der Waals surface area contributed by atoms with Crippen LogP contribution in [0.3, 0.4) is 0 Å². The van der Waals surface area contributed by atoms with Gasteiger partial charge in [-0.25, -0.2) is 4.98 Å². The fraction of sp³-hybridized carbons (Fsp3) is 0.429. The van der Waals surface area contributed by atoms with E-state index in [2.05, 4.69) is 28.1 Å². The number of nitrogens with two attached hydrogens (primary N) is 1. The third-order valence-electron chi connectivity index (χ3n) is 4.14. The molecule has 1 aromatic heterocycles. The molecule has 0 spiro atoms. The van der Waals surface area contributed by atoms with E-state index in [1.165, 1.54) is 10.4 Å². The Bertz CT molecular complexity index is 614. The molecule has 1 fully saturated rings. The lowest BCUT2D eigenvalue weighted by Gasteiger charge is -2.38. The molecule has 2 N–H and O–H groups in total. The second-order valence-corrected chi connectivity index (χ2v) is 6.30. The van der Waals surface area contributed by atoms with Crippen molar-refractivity contribution in [3.63, 3.8) is 0 Å². The molecule has 0 atom stereocenters. The Balaban J connectivity index is 1.79. The molecule has 1 aromatic carbocycles. The summed E-state index contributed by atoms with van der Waals surface area (Å²) >= 11 is 1.66. The third-order valence-corrected chi connectivity index (χ3v) is 4.95. The molecule has 0 unspecified atom stereocenters. The molecule has 2 heterocycles. The van der Waals surface area contributed by atoms with Crippen LogP contribution in [0.4, 0.5) is 5.69 Å². The maximum atomic E-state index is 11.5. The van der Waals surface area contributed by atoms with Gasteiger partial charge >= 0.3 is 0 Å². The number of carbonyl (C=O) groups is 1. The first-order valence-electron chi connectivity index (χ1n) is 6.47. The Hall–Kier alpha value is -1.62. The maximum absolute atomic E-state index is 11.5. The SMILES string of the molecule is CC1(C(N)=O)CCN(c2ccc3scnc3c2)CC1. The molecule has 3 rings (SSSR count). The van der Waals surface area contributed by atoms with Crippen molar-refractivity contribution in [2.45, 2.75) is 19.8 Å². The van der Waals surface area contributed by atoms with E-state index in [4.69, 9.17) is 5.73 Å². The number of thiazole rings is 1. The number of hydrogen-bond donors (Lipinski definition) is 1. The molecule has 19 heavy (non-hydrogen) atoms. The normalized spacial score (nSPS) is 18.7. The largest absolute Gasteiger partial charge is 0.371 e. The zero-order valence-corrected chi connectivity index (χ0v) is 11.7. The fourth-order valence-corrected chi connectivity index (χ4v) is 3.21. The molecule has 100 valence electrons. The summed E-state index contributed by atoms with van der Waals surface area (Å²) in [5.74, 6) is -0.179. The Morgan fingerprint density at radius 3 is 2.84 bits per heavy atom. The van der Waals surface area contributed by atoms with Gasteiger partial charge in [0.1, 0.15) is 0 Å². The van der Waals surface area contributed by atoms with Crippen molar-refractivity contribution in [3.8, 4) is 0 Å². The lowest BCUT2D eigenvalue weighted by Crippen LogP contribution is -2.45. The van der Waals surface area contributed by atoms with Crippen LogP contribution in [-0.4, -0.2) is 24.0 Å². The number of fused-ring (bicyclic) bond motifs is 1. The van der Waals surface area contributed by atoms with Gasteiger partial charge in [0.25, 0.3) is 0 Å². The van der Waals surface area contributed by atoms with Gasteiger partial charge in [0.05, 0.1) is 15.7 Å². The first-order valence-corrected chi connectivity index (χ1v) is 7.35. The molecule has 2 aromatic rings. The Kier molecular flexibility index (Phi) is 2.93. The summed E-state index contributed by atoms with van der Waals surface area (Å²) < 4.78 is 1.21. The molecule has 0 radical (unpaired) electrons. The molecule has 0 aliphatic carbocycles. The minimum absolute atomic E-state index is 0.179. The standard InChI is InChI=1S/C14H17N3OS/c1-14(13(15)18)4-6-17(7-5-14)10-2-3-12-11(8-10)16-9-19-12/h2-3,8-9H,4-7H2,1H3,(H2,15,18). The van der Waals surface area contributed by atoms with Crippen LogP contribution in [0, 0.1) is 5.41 Å². The van der Waals surface area contributed by atoms with Gasteiger partial charge < -0.3 is 10.6 Å². The van der Waals surface area contributed by atoms with E-state index in [0.29, 0.717) is 0 Å². The number of aromatic nitrogens is 1. The van der Waals surface area contributed by atoms with E-state index in [9.17, 15) is 4.79 Å². The number of rotatable bonds is 2. The van der Waals surface area contributed by atoms with Crippen molar-refractivity contribution in [1.82, 2.24) is 4.98 Å². The van der Waals surface area contributed by atoms with Crippen LogP contribution in [0.1, 0.15) is 19.8 Å². The molecule has 1 amide bonds. The van der Waals surface area contributed by atoms with Crippen LogP contribution in [-0.2, 0) is 4.79 Å². The highest BCUT2D eigenvalue weighted by atomic mass is 32.1. The molecule has 5 heteroatoms. The van der Waals surface area contributed by atoms with Gasteiger partial charge in [-0.2, -0.15) is 0 Å². The number of benzene rings is 1. The van der Waals surface area contributed by atoms with Crippen LogP contribution in [0.25, 0.3) is 10.2 Å². The van der Waals surface area contributed by atoms with Crippen molar-refractivity contribution in [2.24, 2.45) is 11.1 Å². The van der Waals surface area contributed by atoms with Gasteiger partial charge in [-0.05, 0) is 31.0 Å². The number of piperidine rings is 1. The lowest BCUT2D eigenvalue weighted by atomic mass is 9.79. The van der Waals surface area contributed by atoms with E-state index in [0.717, 1.165) is 31.4 Å². The van der Waals surface area contributed by atoms with E-state index < -0.39 is 0 Å². The summed E-state index contributed by atoms with van der Waals surface area (Å²) in [5, 5.41) is 0. The summed E-state index contributed by atoms with van der Waals surface area (Å²) in [4.78, 5) is 18.1. The maximum Gasteiger partial charge on any atom is 0.223 e. The molecule has 0 bridgehead atoms. The highest BCUT2D eigenvalue weighted by Crippen LogP contribution is 2.33. The summed E-state index contributed by atoms with van der Waals surface area (Å²) in [6.07, 6.45) is 1.63. The number of primary amides is 1. The highest BCUT2D eigenvalue weighted by Gasteiger charge is 2.35. The fourth-order valence-electron chi connectivity index (χ4n) is 2.55. The van der Waals surface area contributed by atoms with E-state index in [1.807, 2.05) is 12.4 Å². The smallest absolute Gasteiger partial charge is 0.223 e. The Morgan fingerprint density at radius 1 is 1.42 bits per heavy atom.